The zero-order valence-corrected chi connectivity index (χ0v) is 7.17. The monoisotopic (exact) mass is 182 g/mol. The summed E-state index contributed by atoms with van der Waals surface area (Å²) in [4.78, 5) is 14.5. The molecule has 1 aromatic rings. The van der Waals surface area contributed by atoms with Crippen molar-refractivity contribution in [3.63, 3.8) is 0 Å². The Morgan fingerprint density at radius 3 is 3.15 bits per heavy atom. The lowest BCUT2D eigenvalue weighted by Gasteiger charge is -1.95. The minimum absolute atomic E-state index is 0.416. The molecular formula is C8H10N2O3. The van der Waals surface area contributed by atoms with Crippen LogP contribution in [0.2, 0.25) is 0 Å². The summed E-state index contributed by atoms with van der Waals surface area (Å²) in [5.41, 5.74) is 0.852. The molecule has 1 rings (SSSR count). The quantitative estimate of drug-likeness (QED) is 0.543. The summed E-state index contributed by atoms with van der Waals surface area (Å²) < 4.78 is 1.84. The fourth-order valence-corrected chi connectivity index (χ4v) is 0.792. The molecule has 0 unspecified atom stereocenters. The molecule has 1 heterocycles. The van der Waals surface area contributed by atoms with Crippen LogP contribution in [0.3, 0.4) is 0 Å². The van der Waals surface area contributed by atoms with Crippen molar-refractivity contribution in [2.75, 3.05) is 6.61 Å². The average molecular weight is 182 g/mol. The zero-order chi connectivity index (χ0) is 9.68. The lowest BCUT2D eigenvalue weighted by molar-refractivity contribution is -0.142. The summed E-state index contributed by atoms with van der Waals surface area (Å²) in [5.74, 6) is -1.04. The highest BCUT2D eigenvalue weighted by Crippen LogP contribution is 1.95. The van der Waals surface area contributed by atoms with E-state index in [-0.39, 0.29) is 0 Å². The molecule has 0 spiro atoms. The molecule has 0 aliphatic carbocycles. The van der Waals surface area contributed by atoms with E-state index < -0.39 is 12.6 Å². The Bertz CT molecular complexity index is 317. The average Bonchev–Trinajstić information content (AvgIpc) is 2.45. The van der Waals surface area contributed by atoms with Gasteiger partial charge in [0.1, 0.15) is 0 Å². The Labute approximate surface area is 75.2 Å². The number of nitrogens with zero attached hydrogens (tertiary/aromatic N) is 2. The van der Waals surface area contributed by atoms with Crippen LogP contribution in [0.4, 0.5) is 0 Å². The molecule has 0 bridgehead atoms. The summed E-state index contributed by atoms with van der Waals surface area (Å²) in [7, 11) is 1.86. The largest absolute Gasteiger partial charge is 0.479 e. The molecule has 0 saturated carbocycles. The van der Waals surface area contributed by atoms with Crippen molar-refractivity contribution in [2.45, 2.75) is 0 Å². The standard InChI is InChI=1S/C8H10N2O3/c1-10-4-2-3-7(10)5-9-13-6-8(11)12/h2-5H,6H2,1H3,(H,11,12)/b9-5-. The molecule has 0 amide bonds. The van der Waals surface area contributed by atoms with Crippen molar-refractivity contribution >= 4 is 12.2 Å². The third kappa shape index (κ3) is 2.98. The van der Waals surface area contributed by atoms with E-state index in [0.717, 1.165) is 5.69 Å². The second-order valence-electron chi connectivity index (χ2n) is 2.45. The smallest absolute Gasteiger partial charge is 0.344 e. The van der Waals surface area contributed by atoms with Gasteiger partial charge in [-0.1, -0.05) is 5.16 Å². The lowest BCUT2D eigenvalue weighted by Crippen LogP contribution is -2.03. The van der Waals surface area contributed by atoms with Crippen LogP contribution < -0.4 is 0 Å². The van der Waals surface area contributed by atoms with Gasteiger partial charge in [0.25, 0.3) is 0 Å². The number of hydrogen-bond donors (Lipinski definition) is 1. The van der Waals surface area contributed by atoms with Crippen LogP contribution in [0.25, 0.3) is 0 Å². The Balaban J connectivity index is 2.41. The molecule has 5 heteroatoms. The molecule has 0 fully saturated rings. The third-order valence-corrected chi connectivity index (χ3v) is 1.43. The first kappa shape index (κ1) is 9.31. The van der Waals surface area contributed by atoms with E-state index in [9.17, 15) is 4.79 Å². The van der Waals surface area contributed by atoms with Gasteiger partial charge in [0.15, 0.2) is 0 Å². The van der Waals surface area contributed by atoms with Gasteiger partial charge in [0.2, 0.25) is 6.61 Å². The first-order chi connectivity index (χ1) is 6.20. The van der Waals surface area contributed by atoms with Gasteiger partial charge in [-0.2, -0.15) is 0 Å². The number of oxime groups is 1. The van der Waals surface area contributed by atoms with Crippen LogP contribution >= 0.6 is 0 Å². The summed E-state index contributed by atoms with van der Waals surface area (Å²) in [6.07, 6.45) is 3.32. The van der Waals surface area contributed by atoms with Gasteiger partial charge in [-0.05, 0) is 12.1 Å². The number of aryl methyl sites for hydroxylation is 1. The maximum atomic E-state index is 10.0. The Morgan fingerprint density at radius 2 is 2.62 bits per heavy atom. The fourth-order valence-electron chi connectivity index (χ4n) is 0.792. The van der Waals surface area contributed by atoms with Crippen LogP contribution in [0.5, 0.6) is 0 Å². The maximum absolute atomic E-state index is 10.0. The molecule has 0 aliphatic heterocycles. The number of rotatable bonds is 4. The van der Waals surface area contributed by atoms with Gasteiger partial charge in [-0.25, -0.2) is 4.79 Å². The van der Waals surface area contributed by atoms with E-state index in [2.05, 4.69) is 9.99 Å². The summed E-state index contributed by atoms with van der Waals surface area (Å²) in [6.45, 7) is -0.416. The predicted molar refractivity (Wildman–Crippen MR) is 46.6 cm³/mol. The molecule has 0 saturated heterocycles. The molecule has 13 heavy (non-hydrogen) atoms. The normalized spacial score (nSPS) is 10.5. The molecule has 5 nitrogen and oxygen atoms in total. The third-order valence-electron chi connectivity index (χ3n) is 1.43. The molecular weight excluding hydrogens is 172 g/mol. The topological polar surface area (TPSA) is 63.8 Å². The van der Waals surface area contributed by atoms with Crippen molar-refractivity contribution in [2.24, 2.45) is 12.2 Å². The van der Waals surface area contributed by atoms with Crippen LogP contribution in [0.15, 0.2) is 23.5 Å². The van der Waals surface area contributed by atoms with Gasteiger partial charge in [-0.3, -0.25) is 0 Å². The first-order valence-corrected chi connectivity index (χ1v) is 3.68. The number of hydrogen-bond acceptors (Lipinski definition) is 3. The number of carbonyl (C=O) groups is 1. The van der Waals surface area contributed by atoms with E-state index in [4.69, 9.17) is 5.11 Å². The van der Waals surface area contributed by atoms with E-state index >= 15 is 0 Å². The van der Waals surface area contributed by atoms with E-state index in [0.29, 0.717) is 0 Å². The van der Waals surface area contributed by atoms with Crippen LogP contribution in [-0.2, 0) is 16.7 Å². The van der Waals surface area contributed by atoms with Gasteiger partial charge >= 0.3 is 5.97 Å². The van der Waals surface area contributed by atoms with Crippen LogP contribution in [0, 0.1) is 0 Å². The summed E-state index contributed by atoms with van der Waals surface area (Å²) >= 11 is 0. The molecule has 1 N–H and O–H groups in total. The fraction of sp³-hybridized carbons (Fsp3) is 0.250. The van der Waals surface area contributed by atoms with Gasteiger partial charge < -0.3 is 14.5 Å². The Morgan fingerprint density at radius 1 is 1.85 bits per heavy atom. The molecule has 70 valence electrons. The first-order valence-electron chi connectivity index (χ1n) is 3.68. The van der Waals surface area contributed by atoms with Crippen molar-refractivity contribution < 1.29 is 14.7 Å². The van der Waals surface area contributed by atoms with E-state index in [1.165, 1.54) is 6.21 Å². The minimum atomic E-state index is -1.04. The van der Waals surface area contributed by atoms with E-state index in [1.807, 2.05) is 29.9 Å². The van der Waals surface area contributed by atoms with Crippen LogP contribution in [-0.4, -0.2) is 28.5 Å². The highest BCUT2D eigenvalue weighted by atomic mass is 16.6. The number of carboxylic acids is 1. The summed E-state index contributed by atoms with van der Waals surface area (Å²) in [5, 5.41) is 11.7. The molecule has 1 aromatic heterocycles. The van der Waals surface area contributed by atoms with Crippen molar-refractivity contribution in [1.82, 2.24) is 4.57 Å². The van der Waals surface area contributed by atoms with Gasteiger partial charge in [0, 0.05) is 13.2 Å². The Hall–Kier alpha value is -1.78. The zero-order valence-electron chi connectivity index (χ0n) is 7.17. The molecule has 0 aromatic carbocycles. The Kier molecular flexibility index (Phi) is 3.08. The number of carboxylic acid groups (broad SMARTS) is 1. The van der Waals surface area contributed by atoms with Crippen molar-refractivity contribution in [3.05, 3.63) is 24.0 Å². The highest BCUT2D eigenvalue weighted by molar-refractivity contribution is 5.77. The van der Waals surface area contributed by atoms with Gasteiger partial charge in [-0.15, -0.1) is 0 Å². The summed E-state index contributed by atoms with van der Waals surface area (Å²) in [6, 6.07) is 3.70. The van der Waals surface area contributed by atoms with E-state index in [1.54, 1.807) is 0 Å². The maximum Gasteiger partial charge on any atom is 0.344 e. The molecule has 0 radical (unpaired) electrons. The lowest BCUT2D eigenvalue weighted by atomic mass is 10.5. The number of aromatic nitrogens is 1. The van der Waals surface area contributed by atoms with Crippen molar-refractivity contribution in [1.29, 1.82) is 0 Å². The SMILES string of the molecule is Cn1cccc1/C=N\OCC(=O)O. The highest BCUT2D eigenvalue weighted by Gasteiger charge is 1.94. The second kappa shape index (κ2) is 4.30. The number of aliphatic carboxylic acids is 1. The van der Waals surface area contributed by atoms with Crippen molar-refractivity contribution in [3.8, 4) is 0 Å². The minimum Gasteiger partial charge on any atom is -0.479 e. The molecule has 0 aliphatic rings. The second-order valence-corrected chi connectivity index (χ2v) is 2.45. The van der Waals surface area contributed by atoms with Crippen LogP contribution in [0.1, 0.15) is 5.69 Å². The molecule has 0 atom stereocenters. The predicted octanol–water partition coefficient (Wildman–Crippen LogP) is 0.460. The van der Waals surface area contributed by atoms with Gasteiger partial charge in [0.05, 0.1) is 11.9 Å².